The first-order chi connectivity index (χ1) is 14.8. The number of nitrogens with two attached hydrogens (primary N) is 1. The molecule has 2 aromatic rings. The van der Waals surface area contributed by atoms with Crippen molar-refractivity contribution in [3.8, 4) is 5.75 Å². The maximum atomic E-state index is 11.8. The van der Waals surface area contributed by atoms with Gasteiger partial charge in [0.25, 0.3) is 0 Å². The number of hydrogen-bond donors (Lipinski definition) is 2. The molecule has 8 nitrogen and oxygen atoms in total. The van der Waals surface area contributed by atoms with Crippen LogP contribution in [0.15, 0.2) is 18.2 Å². The molecule has 3 N–H and O–H groups in total. The second-order valence-corrected chi connectivity index (χ2v) is 7.47. The summed E-state index contributed by atoms with van der Waals surface area (Å²) in [6.45, 7) is 8.10. The molecule has 8 heteroatoms. The lowest BCUT2D eigenvalue weighted by molar-refractivity contribution is -0.142. The van der Waals surface area contributed by atoms with Crippen molar-refractivity contribution in [1.29, 1.82) is 0 Å². The first kappa shape index (κ1) is 24.4. The van der Waals surface area contributed by atoms with Crippen LogP contribution >= 0.6 is 0 Å². The van der Waals surface area contributed by atoms with E-state index in [1.807, 2.05) is 32.0 Å². The molecule has 0 saturated heterocycles. The molecule has 0 amide bonds. The van der Waals surface area contributed by atoms with Crippen molar-refractivity contribution >= 4 is 17.7 Å². The zero-order chi connectivity index (χ0) is 23.0. The van der Waals surface area contributed by atoms with Crippen molar-refractivity contribution in [2.24, 2.45) is 0 Å². The van der Waals surface area contributed by atoms with Crippen LogP contribution < -0.4 is 15.5 Å². The topological polar surface area (TPSA) is 111 Å². The molecule has 2 rings (SSSR count). The number of rotatable bonds is 11. The molecule has 0 fully saturated rings. The molecular weight excluding hydrogens is 396 g/mol. The molecule has 1 heterocycles. The molecule has 0 saturated carbocycles. The third kappa shape index (κ3) is 6.30. The van der Waals surface area contributed by atoms with Crippen LogP contribution in [0.2, 0.25) is 0 Å². The highest BCUT2D eigenvalue weighted by Gasteiger charge is 2.23. The van der Waals surface area contributed by atoms with E-state index in [0.717, 1.165) is 36.0 Å². The summed E-state index contributed by atoms with van der Waals surface area (Å²) in [7, 11) is 1.59. The molecule has 31 heavy (non-hydrogen) atoms. The maximum absolute atomic E-state index is 11.8. The van der Waals surface area contributed by atoms with Crippen LogP contribution in [0.25, 0.3) is 0 Å². The summed E-state index contributed by atoms with van der Waals surface area (Å²) in [6.07, 6.45) is 3.18. The molecule has 1 aromatic heterocycles. The fourth-order valence-corrected chi connectivity index (χ4v) is 3.62. The van der Waals surface area contributed by atoms with Crippen molar-refractivity contribution in [3.05, 3.63) is 40.6 Å². The highest BCUT2D eigenvalue weighted by Crippen LogP contribution is 2.30. The van der Waals surface area contributed by atoms with Crippen LogP contribution in [0, 0.1) is 6.92 Å². The summed E-state index contributed by atoms with van der Waals surface area (Å²) in [5, 5.41) is 12.2. The van der Waals surface area contributed by atoms with Crippen LogP contribution in [0.4, 0.5) is 11.8 Å². The Labute approximate surface area is 184 Å². The van der Waals surface area contributed by atoms with Crippen LogP contribution in [0.3, 0.4) is 0 Å². The zero-order valence-electron chi connectivity index (χ0n) is 19.1. The number of carbonyl (C=O) groups excluding carboxylic acids is 1. The first-order valence-electron chi connectivity index (χ1n) is 10.8. The van der Waals surface area contributed by atoms with Gasteiger partial charge in [0.05, 0.1) is 26.2 Å². The number of nitrogen functional groups attached to an aromatic ring is 1. The molecule has 0 aliphatic heterocycles. The molecule has 1 aromatic carbocycles. The van der Waals surface area contributed by atoms with E-state index < -0.39 is 0 Å². The molecule has 0 radical (unpaired) electrons. The van der Waals surface area contributed by atoms with Gasteiger partial charge in [0, 0.05) is 17.7 Å². The molecule has 1 unspecified atom stereocenters. The standard InChI is InChI=1S/C23H34N4O4/c1-6-9-18(7-2)27(29)22-19(15(4)25-23(24)26-22)14-17-11-10-16(12-20(17)30-5)13-21(28)31-8-3/h10-12,18,29H,6-9,13-14H2,1-5H3,(H2,24,25,26). The van der Waals surface area contributed by atoms with E-state index in [4.69, 9.17) is 15.2 Å². The summed E-state index contributed by atoms with van der Waals surface area (Å²) < 4.78 is 10.6. The Morgan fingerprint density at radius 2 is 2.00 bits per heavy atom. The Hall–Kier alpha value is -2.87. The molecule has 0 bridgehead atoms. The highest BCUT2D eigenvalue weighted by atomic mass is 16.5. The Morgan fingerprint density at radius 1 is 1.26 bits per heavy atom. The normalized spacial score (nSPS) is 11.8. The van der Waals surface area contributed by atoms with Gasteiger partial charge in [0.2, 0.25) is 5.95 Å². The predicted molar refractivity (Wildman–Crippen MR) is 121 cm³/mol. The molecule has 0 aliphatic carbocycles. The molecule has 0 spiro atoms. The minimum absolute atomic E-state index is 0.0636. The van der Waals surface area contributed by atoms with E-state index in [1.54, 1.807) is 14.0 Å². The number of esters is 1. The number of ether oxygens (including phenoxy) is 2. The highest BCUT2D eigenvalue weighted by molar-refractivity contribution is 5.72. The molecule has 1 atom stereocenters. The third-order valence-electron chi connectivity index (χ3n) is 5.24. The summed E-state index contributed by atoms with van der Waals surface area (Å²) in [4.78, 5) is 20.5. The fraction of sp³-hybridized carbons (Fsp3) is 0.522. The third-order valence-corrected chi connectivity index (χ3v) is 5.24. The number of nitrogens with zero attached hydrogens (tertiary/aromatic N) is 3. The van der Waals surface area contributed by atoms with Gasteiger partial charge in [-0.05, 0) is 43.9 Å². The van der Waals surface area contributed by atoms with Gasteiger partial charge in [0.1, 0.15) is 5.75 Å². The van der Waals surface area contributed by atoms with Crippen molar-refractivity contribution in [1.82, 2.24) is 9.97 Å². The van der Waals surface area contributed by atoms with E-state index >= 15 is 0 Å². The van der Waals surface area contributed by atoms with E-state index in [0.29, 0.717) is 30.3 Å². The van der Waals surface area contributed by atoms with Gasteiger partial charge >= 0.3 is 5.97 Å². The Bertz CT molecular complexity index is 888. The van der Waals surface area contributed by atoms with E-state index in [9.17, 15) is 10.0 Å². The zero-order valence-corrected chi connectivity index (χ0v) is 19.1. The smallest absolute Gasteiger partial charge is 0.310 e. The second kappa shape index (κ2) is 11.5. The number of hydrogen-bond acceptors (Lipinski definition) is 8. The minimum Gasteiger partial charge on any atom is -0.496 e. The Balaban J connectivity index is 2.40. The van der Waals surface area contributed by atoms with Gasteiger partial charge in [-0.1, -0.05) is 32.4 Å². The lowest BCUT2D eigenvalue weighted by atomic mass is 9.99. The average molecular weight is 431 g/mol. The molecule has 0 aliphatic rings. The van der Waals surface area contributed by atoms with Crippen molar-refractivity contribution < 1.29 is 19.5 Å². The quantitative estimate of drug-likeness (QED) is 0.408. The number of benzene rings is 1. The van der Waals surface area contributed by atoms with E-state index in [2.05, 4.69) is 16.9 Å². The van der Waals surface area contributed by atoms with Gasteiger partial charge in [0.15, 0.2) is 5.82 Å². The number of aromatic nitrogens is 2. The van der Waals surface area contributed by atoms with Gasteiger partial charge in [-0.2, -0.15) is 4.98 Å². The minimum atomic E-state index is -0.278. The van der Waals surface area contributed by atoms with Gasteiger partial charge < -0.3 is 15.2 Å². The number of carbonyl (C=O) groups is 1. The lowest BCUT2D eigenvalue weighted by Crippen LogP contribution is -2.33. The van der Waals surface area contributed by atoms with E-state index in [-0.39, 0.29) is 24.4 Å². The van der Waals surface area contributed by atoms with Crippen molar-refractivity contribution in [2.45, 2.75) is 65.8 Å². The summed E-state index contributed by atoms with van der Waals surface area (Å²) in [5.41, 5.74) is 9.07. The summed E-state index contributed by atoms with van der Waals surface area (Å²) in [6, 6.07) is 5.57. The van der Waals surface area contributed by atoms with Crippen LogP contribution in [0.5, 0.6) is 5.75 Å². The Morgan fingerprint density at radius 3 is 2.61 bits per heavy atom. The number of hydroxylamine groups is 1. The second-order valence-electron chi connectivity index (χ2n) is 7.47. The summed E-state index contributed by atoms with van der Waals surface area (Å²) >= 11 is 0. The van der Waals surface area contributed by atoms with Gasteiger partial charge in [-0.3, -0.25) is 10.0 Å². The van der Waals surface area contributed by atoms with E-state index in [1.165, 1.54) is 5.06 Å². The van der Waals surface area contributed by atoms with Gasteiger partial charge in [-0.25, -0.2) is 10.0 Å². The molecular formula is C23H34N4O4. The number of aryl methyl sites for hydroxylation is 1. The lowest BCUT2D eigenvalue weighted by Gasteiger charge is -2.28. The largest absolute Gasteiger partial charge is 0.496 e. The SMILES string of the molecule is CCCC(CC)N(O)c1nc(N)nc(C)c1Cc1ccc(CC(=O)OCC)cc1OC. The number of methoxy groups -OCH3 is 1. The molecule has 170 valence electrons. The average Bonchev–Trinajstić information content (AvgIpc) is 2.74. The maximum Gasteiger partial charge on any atom is 0.310 e. The van der Waals surface area contributed by atoms with Crippen LogP contribution in [0.1, 0.15) is 62.4 Å². The van der Waals surface area contributed by atoms with Crippen LogP contribution in [-0.4, -0.2) is 40.9 Å². The fourth-order valence-electron chi connectivity index (χ4n) is 3.62. The number of anilines is 2. The summed E-state index contributed by atoms with van der Waals surface area (Å²) in [5.74, 6) is 0.912. The monoisotopic (exact) mass is 430 g/mol. The van der Waals surface area contributed by atoms with Crippen molar-refractivity contribution in [2.75, 3.05) is 24.5 Å². The van der Waals surface area contributed by atoms with Gasteiger partial charge in [-0.15, -0.1) is 0 Å². The Kier molecular flexibility index (Phi) is 9.05. The van der Waals surface area contributed by atoms with Crippen molar-refractivity contribution in [3.63, 3.8) is 0 Å². The van der Waals surface area contributed by atoms with Crippen LogP contribution in [-0.2, 0) is 22.4 Å². The predicted octanol–water partition coefficient (Wildman–Crippen LogP) is 3.85. The first-order valence-corrected chi connectivity index (χ1v) is 10.8.